The first-order valence-corrected chi connectivity index (χ1v) is 6.70. The van der Waals surface area contributed by atoms with E-state index in [1.165, 1.54) is 0 Å². The average Bonchev–Trinajstić information content (AvgIpc) is 2.30. The molecular weight excluding hydrogens is 319 g/mol. The second-order valence-corrected chi connectivity index (χ2v) is 4.63. The average molecular weight is 326 g/mol. The summed E-state index contributed by atoms with van der Waals surface area (Å²) in [6, 6.07) is 0. The molecule has 0 saturated heterocycles. The van der Waals surface area contributed by atoms with E-state index in [1.54, 1.807) is 0 Å². The molecule has 0 aromatic rings. The number of ketones is 1. The molecule has 0 fully saturated rings. The third kappa shape index (κ3) is 2.91. The minimum atomic E-state index is 0.0485. The van der Waals surface area contributed by atoms with Gasteiger partial charge in [0.25, 0.3) is 0 Å². The van der Waals surface area contributed by atoms with Crippen molar-refractivity contribution >= 4 is 21.7 Å². The number of alkyl halides is 1. The standard InChI is InChI=1S/C8H7BrIO/c9-6-8(11)7-2-1-4-10-5-3-7/h1-5H,6H2/q-1. The summed E-state index contributed by atoms with van der Waals surface area (Å²) in [5.41, 5.74) is 0.801. The van der Waals surface area contributed by atoms with Gasteiger partial charge in [0.15, 0.2) is 0 Å². The van der Waals surface area contributed by atoms with Gasteiger partial charge in [-0.1, -0.05) is 0 Å². The number of halogens is 2. The van der Waals surface area contributed by atoms with Crippen LogP contribution in [0.3, 0.4) is 0 Å². The van der Waals surface area contributed by atoms with Gasteiger partial charge in [-0.2, -0.15) is 0 Å². The Kier molecular flexibility index (Phi) is 4.07. The van der Waals surface area contributed by atoms with E-state index in [1.807, 2.05) is 18.2 Å². The normalized spacial score (nSPS) is 16.6. The summed E-state index contributed by atoms with van der Waals surface area (Å²) in [6.45, 7) is 0. The summed E-state index contributed by atoms with van der Waals surface area (Å²) in [6.07, 6.45) is 5.74. The molecule has 0 aliphatic carbocycles. The Morgan fingerprint density at radius 3 is 3.09 bits per heavy atom. The van der Waals surface area contributed by atoms with Crippen LogP contribution in [0.2, 0.25) is 0 Å². The number of rotatable bonds is 2. The molecule has 11 heavy (non-hydrogen) atoms. The first-order chi connectivity index (χ1) is 5.34. The molecule has 0 radical (unpaired) electrons. The molecule has 0 amide bonds. The summed E-state index contributed by atoms with van der Waals surface area (Å²) in [4.78, 5) is 11.1. The van der Waals surface area contributed by atoms with Gasteiger partial charge in [0.1, 0.15) is 0 Å². The van der Waals surface area contributed by atoms with E-state index in [-0.39, 0.29) is 27.0 Å². The zero-order valence-electron chi connectivity index (χ0n) is 5.76. The number of allylic oxidation sites excluding steroid dienone is 4. The molecular formula is C8H7BrIO-. The van der Waals surface area contributed by atoms with Crippen molar-refractivity contribution in [1.82, 2.24) is 0 Å². The number of Topliss-reactive ketones (excluding diaryl/α,β-unsaturated/α-hetero) is 1. The molecule has 1 rings (SSSR count). The third-order valence-corrected chi connectivity index (χ3v) is 3.29. The van der Waals surface area contributed by atoms with Gasteiger partial charge in [0.2, 0.25) is 0 Å². The summed E-state index contributed by atoms with van der Waals surface area (Å²) in [5, 5.41) is 0.412. The molecule has 1 aliphatic rings. The SMILES string of the molecule is O=C(CBr)C1=CC=C[I-]C=C1. The van der Waals surface area contributed by atoms with Gasteiger partial charge in [-0.25, -0.2) is 0 Å². The maximum atomic E-state index is 11.1. The summed E-state index contributed by atoms with van der Waals surface area (Å²) >= 11 is 3.18. The van der Waals surface area contributed by atoms with E-state index < -0.39 is 0 Å². The van der Waals surface area contributed by atoms with Crippen LogP contribution in [0.25, 0.3) is 0 Å². The van der Waals surface area contributed by atoms with Crippen molar-refractivity contribution in [2.45, 2.75) is 0 Å². The predicted molar refractivity (Wildman–Crippen MR) is 45.2 cm³/mol. The second kappa shape index (κ2) is 4.87. The minimum absolute atomic E-state index is 0.0485. The van der Waals surface area contributed by atoms with Gasteiger partial charge in [-0.3, -0.25) is 0 Å². The van der Waals surface area contributed by atoms with E-state index in [9.17, 15) is 4.79 Å². The van der Waals surface area contributed by atoms with Gasteiger partial charge in [-0.05, 0) is 0 Å². The summed E-state index contributed by atoms with van der Waals surface area (Å²) in [5.74, 6) is 0.150. The van der Waals surface area contributed by atoms with E-state index in [4.69, 9.17) is 0 Å². The van der Waals surface area contributed by atoms with Crippen molar-refractivity contribution in [1.29, 1.82) is 0 Å². The number of hydrogen-bond acceptors (Lipinski definition) is 1. The Balaban J connectivity index is 2.77. The Labute approximate surface area is 84.6 Å². The molecule has 0 atom stereocenters. The van der Waals surface area contributed by atoms with Crippen molar-refractivity contribution in [2.24, 2.45) is 0 Å². The second-order valence-electron chi connectivity index (χ2n) is 1.92. The third-order valence-electron chi connectivity index (χ3n) is 1.18. The van der Waals surface area contributed by atoms with Crippen LogP contribution in [0, 0.1) is 0 Å². The molecule has 0 unspecified atom stereocenters. The first-order valence-electron chi connectivity index (χ1n) is 3.09. The molecule has 1 nitrogen and oxygen atoms in total. The molecule has 60 valence electrons. The maximum absolute atomic E-state index is 11.1. The van der Waals surface area contributed by atoms with Gasteiger partial charge in [0.05, 0.1) is 0 Å². The van der Waals surface area contributed by atoms with E-state index in [0.29, 0.717) is 5.33 Å². The van der Waals surface area contributed by atoms with Crippen LogP contribution in [0.1, 0.15) is 0 Å². The fourth-order valence-electron chi connectivity index (χ4n) is 0.647. The molecule has 0 spiro atoms. The Morgan fingerprint density at radius 1 is 1.55 bits per heavy atom. The van der Waals surface area contributed by atoms with Gasteiger partial charge in [-0.15, -0.1) is 0 Å². The topological polar surface area (TPSA) is 17.1 Å². The van der Waals surface area contributed by atoms with Crippen LogP contribution in [-0.4, -0.2) is 11.1 Å². The number of hydrogen-bond donors (Lipinski definition) is 0. The predicted octanol–water partition coefficient (Wildman–Crippen LogP) is -0.993. The molecule has 1 heterocycles. The van der Waals surface area contributed by atoms with E-state index in [2.05, 4.69) is 24.1 Å². The van der Waals surface area contributed by atoms with Crippen LogP contribution in [0.15, 0.2) is 32.0 Å². The van der Waals surface area contributed by atoms with Crippen LogP contribution in [-0.2, 0) is 4.79 Å². The Morgan fingerprint density at radius 2 is 2.36 bits per heavy atom. The summed E-state index contributed by atoms with van der Waals surface area (Å²) < 4.78 is 4.22. The van der Waals surface area contributed by atoms with Crippen molar-refractivity contribution in [2.75, 3.05) is 5.33 Å². The Bertz CT molecular complexity index is 240. The van der Waals surface area contributed by atoms with Gasteiger partial charge < -0.3 is 0 Å². The number of carbonyl (C=O) groups is 1. The fraction of sp³-hybridized carbons (Fsp3) is 0.125. The monoisotopic (exact) mass is 325 g/mol. The van der Waals surface area contributed by atoms with Gasteiger partial charge >= 0.3 is 85.0 Å². The molecule has 0 aromatic heterocycles. The van der Waals surface area contributed by atoms with Crippen LogP contribution in [0.4, 0.5) is 0 Å². The van der Waals surface area contributed by atoms with Gasteiger partial charge in [0, 0.05) is 0 Å². The molecule has 3 heteroatoms. The van der Waals surface area contributed by atoms with Crippen molar-refractivity contribution in [3.8, 4) is 0 Å². The zero-order valence-corrected chi connectivity index (χ0v) is 9.50. The first kappa shape index (κ1) is 9.19. The molecule has 1 aliphatic heterocycles. The molecule has 0 bridgehead atoms. The van der Waals surface area contributed by atoms with Crippen molar-refractivity contribution < 1.29 is 26.0 Å². The van der Waals surface area contributed by atoms with Crippen molar-refractivity contribution in [3.05, 3.63) is 32.0 Å². The summed E-state index contributed by atoms with van der Waals surface area (Å²) in [7, 11) is 0. The fourth-order valence-corrected chi connectivity index (χ4v) is 2.25. The van der Waals surface area contributed by atoms with Crippen LogP contribution < -0.4 is 21.2 Å². The molecule has 0 saturated carbocycles. The van der Waals surface area contributed by atoms with Crippen LogP contribution in [0.5, 0.6) is 0 Å². The number of carbonyl (C=O) groups excluding carboxylic acids is 1. The molecule has 0 N–H and O–H groups in total. The van der Waals surface area contributed by atoms with Crippen molar-refractivity contribution in [3.63, 3.8) is 0 Å². The zero-order chi connectivity index (χ0) is 8.10. The molecule has 0 aromatic carbocycles. The van der Waals surface area contributed by atoms with E-state index >= 15 is 0 Å². The quantitative estimate of drug-likeness (QED) is 0.470. The van der Waals surface area contributed by atoms with Crippen LogP contribution >= 0.6 is 15.9 Å². The van der Waals surface area contributed by atoms with E-state index in [0.717, 1.165) is 5.57 Å². The Hall–Kier alpha value is 0.1000.